The number of ketones is 1. The van der Waals surface area contributed by atoms with Gasteiger partial charge in [0.15, 0.2) is 5.78 Å². The van der Waals surface area contributed by atoms with E-state index in [0.717, 1.165) is 5.01 Å². The Morgan fingerprint density at radius 1 is 1.29 bits per heavy atom. The summed E-state index contributed by atoms with van der Waals surface area (Å²) in [5.74, 6) is 0.0256. The van der Waals surface area contributed by atoms with Gasteiger partial charge in [-0.15, -0.1) is 11.3 Å². The normalized spacial score (nSPS) is 10.1. The number of thiazole rings is 1. The summed E-state index contributed by atoms with van der Waals surface area (Å²) in [6.45, 7) is 1.52. The van der Waals surface area contributed by atoms with Crippen molar-refractivity contribution in [2.45, 2.75) is 6.92 Å². The van der Waals surface area contributed by atoms with Gasteiger partial charge in [-0.1, -0.05) is 0 Å². The Labute approximate surface area is 84.7 Å². The first-order chi connectivity index (χ1) is 6.77. The molecule has 0 aromatic carbocycles. The summed E-state index contributed by atoms with van der Waals surface area (Å²) in [4.78, 5) is 23.8. The van der Waals surface area contributed by atoms with Gasteiger partial charge >= 0.3 is 0 Å². The molecule has 0 aliphatic heterocycles. The number of rotatable bonds is 2. The smallest absolute Gasteiger partial charge is 0.171 e. The van der Waals surface area contributed by atoms with E-state index in [9.17, 15) is 4.79 Å². The van der Waals surface area contributed by atoms with E-state index < -0.39 is 0 Å². The Bertz CT molecular complexity index is 452. The van der Waals surface area contributed by atoms with Crippen LogP contribution in [0.5, 0.6) is 0 Å². The zero-order valence-electron chi connectivity index (χ0n) is 7.47. The molecule has 0 radical (unpaired) electrons. The second-order valence-corrected chi connectivity index (χ2v) is 3.71. The van der Waals surface area contributed by atoms with Crippen LogP contribution in [-0.4, -0.2) is 20.7 Å². The number of aromatic nitrogens is 3. The van der Waals surface area contributed by atoms with Crippen LogP contribution in [0.4, 0.5) is 0 Å². The van der Waals surface area contributed by atoms with E-state index in [1.54, 1.807) is 24.8 Å². The lowest BCUT2D eigenvalue weighted by Crippen LogP contribution is -1.83. The Balaban J connectivity index is 2.39. The molecule has 2 rings (SSSR count). The number of nitrogens with zero attached hydrogens (tertiary/aromatic N) is 3. The predicted molar refractivity (Wildman–Crippen MR) is 53.1 cm³/mol. The standard InChI is InChI=1S/C9H7N3OS/c1-6(13)8-5-12-9(14-8)7-4-10-2-3-11-7/h2-5H,1H3. The second-order valence-electron chi connectivity index (χ2n) is 2.68. The van der Waals surface area contributed by atoms with Crippen LogP contribution in [0.3, 0.4) is 0 Å². The SMILES string of the molecule is CC(=O)c1cnc(-c2cnccn2)s1. The predicted octanol–water partition coefficient (Wildman–Crippen LogP) is 1.80. The third kappa shape index (κ3) is 1.67. The molecule has 0 amide bonds. The molecule has 0 saturated heterocycles. The summed E-state index contributed by atoms with van der Waals surface area (Å²) in [7, 11) is 0. The first-order valence-electron chi connectivity index (χ1n) is 4.00. The molecule has 2 heterocycles. The Hall–Kier alpha value is -1.62. The highest BCUT2D eigenvalue weighted by Gasteiger charge is 2.08. The van der Waals surface area contributed by atoms with Crippen molar-refractivity contribution < 1.29 is 4.79 Å². The van der Waals surface area contributed by atoms with E-state index in [-0.39, 0.29) is 5.78 Å². The highest BCUT2D eigenvalue weighted by molar-refractivity contribution is 7.16. The van der Waals surface area contributed by atoms with Crippen molar-refractivity contribution in [3.05, 3.63) is 29.7 Å². The van der Waals surface area contributed by atoms with Crippen LogP contribution in [0.15, 0.2) is 24.8 Å². The van der Waals surface area contributed by atoms with Crippen molar-refractivity contribution in [2.24, 2.45) is 0 Å². The summed E-state index contributed by atoms with van der Waals surface area (Å²) in [6, 6.07) is 0. The molecule has 14 heavy (non-hydrogen) atoms. The minimum absolute atomic E-state index is 0.0256. The molecular formula is C9H7N3OS. The van der Waals surface area contributed by atoms with Crippen molar-refractivity contribution in [3.8, 4) is 10.7 Å². The first-order valence-corrected chi connectivity index (χ1v) is 4.82. The summed E-state index contributed by atoms with van der Waals surface area (Å²) < 4.78 is 0. The van der Waals surface area contributed by atoms with Crippen LogP contribution in [-0.2, 0) is 0 Å². The van der Waals surface area contributed by atoms with Crippen molar-refractivity contribution >= 4 is 17.1 Å². The van der Waals surface area contributed by atoms with Gasteiger partial charge < -0.3 is 0 Å². The van der Waals surface area contributed by atoms with Crippen LogP contribution < -0.4 is 0 Å². The molecule has 0 atom stereocenters. The number of carbonyl (C=O) groups excluding carboxylic acids is 1. The fourth-order valence-corrected chi connectivity index (χ4v) is 1.74. The summed E-state index contributed by atoms with van der Waals surface area (Å²) in [5.41, 5.74) is 0.699. The molecule has 5 heteroatoms. The van der Waals surface area contributed by atoms with E-state index in [1.807, 2.05) is 0 Å². The van der Waals surface area contributed by atoms with Gasteiger partial charge in [-0.3, -0.25) is 14.8 Å². The zero-order chi connectivity index (χ0) is 9.97. The molecule has 0 fully saturated rings. The number of carbonyl (C=O) groups is 1. The average molecular weight is 205 g/mol. The van der Waals surface area contributed by atoms with Crippen molar-refractivity contribution in [3.63, 3.8) is 0 Å². The molecule has 0 spiro atoms. The highest BCUT2D eigenvalue weighted by atomic mass is 32.1. The van der Waals surface area contributed by atoms with Crippen LogP contribution in [0.25, 0.3) is 10.7 Å². The molecule has 0 saturated carbocycles. The van der Waals surface area contributed by atoms with Crippen LogP contribution >= 0.6 is 11.3 Å². The summed E-state index contributed by atoms with van der Waals surface area (Å²) in [6.07, 6.45) is 6.40. The van der Waals surface area contributed by atoms with Gasteiger partial charge in [-0.05, 0) is 0 Å². The van der Waals surface area contributed by atoms with Gasteiger partial charge in [0.05, 0.1) is 11.1 Å². The molecular weight excluding hydrogens is 198 g/mol. The van der Waals surface area contributed by atoms with Crippen LogP contribution in [0.1, 0.15) is 16.6 Å². The van der Waals surface area contributed by atoms with E-state index in [1.165, 1.54) is 18.3 Å². The lowest BCUT2D eigenvalue weighted by Gasteiger charge is -1.90. The van der Waals surface area contributed by atoms with Crippen LogP contribution in [0, 0.1) is 0 Å². The van der Waals surface area contributed by atoms with E-state index in [2.05, 4.69) is 15.0 Å². The third-order valence-corrected chi connectivity index (χ3v) is 2.76. The Kier molecular flexibility index (Phi) is 2.32. The fourth-order valence-electron chi connectivity index (χ4n) is 0.965. The number of hydrogen-bond acceptors (Lipinski definition) is 5. The largest absolute Gasteiger partial charge is 0.294 e. The maximum absolute atomic E-state index is 11.0. The summed E-state index contributed by atoms with van der Waals surface area (Å²) >= 11 is 1.33. The second kappa shape index (κ2) is 3.63. The van der Waals surface area contributed by atoms with Gasteiger partial charge in [0.25, 0.3) is 0 Å². The molecule has 2 aromatic heterocycles. The molecule has 0 aliphatic rings. The Morgan fingerprint density at radius 2 is 2.14 bits per heavy atom. The molecule has 0 unspecified atom stereocenters. The molecule has 4 nitrogen and oxygen atoms in total. The van der Waals surface area contributed by atoms with E-state index in [0.29, 0.717) is 10.6 Å². The lowest BCUT2D eigenvalue weighted by molar-refractivity contribution is 0.102. The van der Waals surface area contributed by atoms with Gasteiger partial charge in [0.2, 0.25) is 0 Å². The van der Waals surface area contributed by atoms with E-state index in [4.69, 9.17) is 0 Å². The van der Waals surface area contributed by atoms with Crippen molar-refractivity contribution in [1.82, 2.24) is 15.0 Å². The quantitative estimate of drug-likeness (QED) is 0.701. The van der Waals surface area contributed by atoms with E-state index >= 15 is 0 Å². The van der Waals surface area contributed by atoms with Crippen LogP contribution in [0.2, 0.25) is 0 Å². The Morgan fingerprint density at radius 3 is 2.71 bits per heavy atom. The van der Waals surface area contributed by atoms with Gasteiger partial charge in [0.1, 0.15) is 10.7 Å². The molecule has 2 aromatic rings. The lowest BCUT2D eigenvalue weighted by atomic mass is 10.4. The van der Waals surface area contributed by atoms with Gasteiger partial charge in [-0.2, -0.15) is 0 Å². The molecule has 0 N–H and O–H groups in total. The van der Waals surface area contributed by atoms with Crippen molar-refractivity contribution in [2.75, 3.05) is 0 Å². The minimum Gasteiger partial charge on any atom is -0.294 e. The van der Waals surface area contributed by atoms with Gasteiger partial charge in [0, 0.05) is 25.5 Å². The minimum atomic E-state index is 0.0256. The van der Waals surface area contributed by atoms with Crippen molar-refractivity contribution in [1.29, 1.82) is 0 Å². The highest BCUT2D eigenvalue weighted by Crippen LogP contribution is 2.22. The monoisotopic (exact) mass is 205 g/mol. The zero-order valence-corrected chi connectivity index (χ0v) is 8.28. The number of Topliss-reactive ketones (excluding diaryl/α,β-unsaturated/α-hetero) is 1. The first kappa shape index (κ1) is 8.96. The number of hydrogen-bond donors (Lipinski definition) is 0. The molecule has 0 bridgehead atoms. The fraction of sp³-hybridized carbons (Fsp3) is 0.111. The summed E-state index contributed by atoms with van der Waals surface area (Å²) in [5, 5.41) is 0.725. The van der Waals surface area contributed by atoms with Gasteiger partial charge in [-0.25, -0.2) is 4.98 Å². The third-order valence-electron chi connectivity index (χ3n) is 1.63. The topological polar surface area (TPSA) is 55.7 Å². The molecule has 70 valence electrons. The maximum Gasteiger partial charge on any atom is 0.171 e. The molecule has 0 aliphatic carbocycles. The maximum atomic E-state index is 11.0. The average Bonchev–Trinajstić information content (AvgIpc) is 2.68.